The Balaban J connectivity index is 1.20. The van der Waals surface area contributed by atoms with E-state index in [0.29, 0.717) is 31.9 Å². The van der Waals surface area contributed by atoms with Crippen LogP contribution in [0.2, 0.25) is 19.6 Å². The van der Waals surface area contributed by atoms with Gasteiger partial charge in [0.2, 0.25) is 0 Å². The molecular weight excluding hydrogens is 566 g/mol. The number of carbonyl (C=O) groups excluding carboxylic acids is 2. The van der Waals surface area contributed by atoms with E-state index < -0.39 is 19.8 Å². The zero-order valence-electron chi connectivity index (χ0n) is 26.7. The average Bonchev–Trinajstić information content (AvgIpc) is 3.27. The highest BCUT2D eigenvalue weighted by molar-refractivity contribution is 6.83. The molecule has 0 spiro atoms. The zero-order valence-corrected chi connectivity index (χ0v) is 27.7. The predicted molar refractivity (Wildman–Crippen MR) is 178 cm³/mol. The number of hydrogen-bond donors (Lipinski definition) is 1. The first kappa shape index (κ1) is 31.4. The summed E-state index contributed by atoms with van der Waals surface area (Å²) in [7, 11) is -1.58. The second-order valence-corrected chi connectivity index (χ2v) is 18.4. The Labute approximate surface area is 262 Å². The molecule has 230 valence electrons. The quantitative estimate of drug-likeness (QED) is 0.242. The van der Waals surface area contributed by atoms with Crippen molar-refractivity contribution in [2.75, 3.05) is 38.1 Å². The molecule has 1 heterocycles. The summed E-state index contributed by atoms with van der Waals surface area (Å²) in [5, 5.41) is 2.88. The maximum atomic E-state index is 13.1. The molecule has 44 heavy (non-hydrogen) atoms. The normalized spacial score (nSPS) is 15.1. The standard InChI is InChI=1S/C36H43N3O4Si/c1-36(2,3)43-34(40)37-28-22-26(15-20-44(4,5)6)21-27(23-28)24-38-16-18-39(19-17-38)35(41)42-25-33-31-13-9-7-11-29(31)30-12-8-10-14-32(30)33/h7-14,21-23,33H,16-19,24-25H2,1-6H3,(H,37,40). The summed E-state index contributed by atoms with van der Waals surface area (Å²) in [5.74, 6) is 3.38. The molecule has 1 N–H and O–H groups in total. The monoisotopic (exact) mass is 609 g/mol. The number of amides is 2. The third kappa shape index (κ3) is 8.10. The molecule has 3 aromatic carbocycles. The van der Waals surface area contributed by atoms with E-state index in [-0.39, 0.29) is 12.0 Å². The molecule has 7 nitrogen and oxygen atoms in total. The van der Waals surface area contributed by atoms with Gasteiger partial charge in [-0.1, -0.05) is 74.1 Å². The van der Waals surface area contributed by atoms with E-state index in [1.165, 1.54) is 22.3 Å². The van der Waals surface area contributed by atoms with Gasteiger partial charge in [-0.05, 0) is 66.8 Å². The third-order valence-corrected chi connectivity index (χ3v) is 8.47. The molecular formula is C36H43N3O4Si. The van der Waals surface area contributed by atoms with E-state index in [1.54, 1.807) is 4.90 Å². The number of anilines is 1. The number of fused-ring (bicyclic) bond motifs is 3. The van der Waals surface area contributed by atoms with Gasteiger partial charge >= 0.3 is 12.2 Å². The van der Waals surface area contributed by atoms with Crippen LogP contribution >= 0.6 is 0 Å². The summed E-state index contributed by atoms with van der Waals surface area (Å²) in [6.07, 6.45) is -0.755. The van der Waals surface area contributed by atoms with Gasteiger partial charge in [0.05, 0.1) is 0 Å². The molecule has 1 aliphatic carbocycles. The second kappa shape index (κ2) is 12.9. The van der Waals surface area contributed by atoms with Crippen molar-refractivity contribution >= 4 is 25.9 Å². The van der Waals surface area contributed by atoms with Gasteiger partial charge in [-0.3, -0.25) is 10.2 Å². The smallest absolute Gasteiger partial charge is 0.412 e. The van der Waals surface area contributed by atoms with Crippen molar-refractivity contribution in [2.45, 2.75) is 58.5 Å². The van der Waals surface area contributed by atoms with Gasteiger partial charge < -0.3 is 14.4 Å². The first-order valence-corrected chi connectivity index (χ1v) is 18.8. The van der Waals surface area contributed by atoms with E-state index in [0.717, 1.165) is 24.2 Å². The highest BCUT2D eigenvalue weighted by Crippen LogP contribution is 2.44. The number of nitrogens with one attached hydrogen (secondary N) is 1. The maximum Gasteiger partial charge on any atom is 0.412 e. The van der Waals surface area contributed by atoms with E-state index in [4.69, 9.17) is 9.47 Å². The van der Waals surface area contributed by atoms with Gasteiger partial charge in [-0.15, -0.1) is 5.54 Å². The summed E-state index contributed by atoms with van der Waals surface area (Å²) in [5.41, 5.74) is 10.3. The lowest BCUT2D eigenvalue weighted by atomic mass is 9.98. The highest BCUT2D eigenvalue weighted by atomic mass is 28.3. The second-order valence-electron chi connectivity index (χ2n) is 13.6. The molecule has 2 amide bonds. The van der Waals surface area contributed by atoms with Gasteiger partial charge in [0.1, 0.15) is 20.3 Å². The molecule has 1 aliphatic heterocycles. The van der Waals surface area contributed by atoms with E-state index in [2.05, 4.69) is 83.8 Å². The largest absolute Gasteiger partial charge is 0.448 e. The first-order chi connectivity index (χ1) is 20.8. The third-order valence-electron chi connectivity index (χ3n) is 7.59. The number of benzene rings is 3. The van der Waals surface area contributed by atoms with Crippen molar-refractivity contribution in [3.05, 3.63) is 89.0 Å². The Bertz CT molecular complexity index is 1540. The van der Waals surface area contributed by atoms with Crippen LogP contribution in [-0.4, -0.2) is 68.4 Å². The minimum Gasteiger partial charge on any atom is -0.448 e. The van der Waals surface area contributed by atoms with Gasteiger partial charge in [0, 0.05) is 49.9 Å². The Hall–Kier alpha value is -4.06. The molecule has 0 atom stereocenters. The fourth-order valence-corrected chi connectivity index (χ4v) is 6.16. The highest BCUT2D eigenvalue weighted by Gasteiger charge is 2.30. The van der Waals surface area contributed by atoms with Crippen molar-refractivity contribution in [3.8, 4) is 22.6 Å². The predicted octanol–water partition coefficient (Wildman–Crippen LogP) is 7.33. The number of nitrogens with zero attached hydrogens (tertiary/aromatic N) is 2. The molecule has 1 fully saturated rings. The van der Waals surface area contributed by atoms with Crippen LogP contribution in [0.15, 0.2) is 66.7 Å². The van der Waals surface area contributed by atoms with Gasteiger partial charge in [-0.25, -0.2) is 9.59 Å². The molecule has 1 saturated heterocycles. The lowest BCUT2D eigenvalue weighted by Gasteiger charge is -2.34. The molecule has 0 radical (unpaired) electrons. The van der Waals surface area contributed by atoms with Crippen LogP contribution in [0, 0.1) is 11.5 Å². The Morgan fingerprint density at radius 2 is 1.52 bits per heavy atom. The zero-order chi connectivity index (χ0) is 31.5. The number of piperazine rings is 1. The fourth-order valence-electron chi connectivity index (χ4n) is 5.64. The van der Waals surface area contributed by atoms with Crippen molar-refractivity contribution in [3.63, 3.8) is 0 Å². The van der Waals surface area contributed by atoms with Gasteiger partial charge in [0.25, 0.3) is 0 Å². The Morgan fingerprint density at radius 1 is 0.909 bits per heavy atom. The van der Waals surface area contributed by atoms with Gasteiger partial charge in [-0.2, -0.15) is 0 Å². The minimum atomic E-state index is -1.58. The molecule has 2 aliphatic rings. The molecule has 0 bridgehead atoms. The molecule has 0 aromatic heterocycles. The van der Waals surface area contributed by atoms with Crippen LogP contribution in [0.5, 0.6) is 0 Å². The van der Waals surface area contributed by atoms with Crippen molar-refractivity contribution in [2.24, 2.45) is 0 Å². The maximum absolute atomic E-state index is 13.1. The molecule has 5 rings (SSSR count). The van der Waals surface area contributed by atoms with Crippen LogP contribution in [-0.2, 0) is 16.0 Å². The molecule has 8 heteroatoms. The van der Waals surface area contributed by atoms with E-state index in [9.17, 15) is 9.59 Å². The summed E-state index contributed by atoms with van der Waals surface area (Å²) < 4.78 is 11.4. The lowest BCUT2D eigenvalue weighted by molar-refractivity contribution is 0.0635. The number of rotatable bonds is 5. The Kier molecular flexibility index (Phi) is 9.19. The van der Waals surface area contributed by atoms with Crippen LogP contribution in [0.1, 0.15) is 48.9 Å². The number of carbonyl (C=O) groups is 2. The van der Waals surface area contributed by atoms with E-state index in [1.807, 2.05) is 45.0 Å². The minimum absolute atomic E-state index is 0.0486. The summed E-state index contributed by atoms with van der Waals surface area (Å²) in [4.78, 5) is 29.7. The fraction of sp³-hybridized carbons (Fsp3) is 0.389. The summed E-state index contributed by atoms with van der Waals surface area (Å²) in [6.45, 7) is 15.8. The van der Waals surface area contributed by atoms with Crippen LogP contribution in [0.4, 0.5) is 15.3 Å². The van der Waals surface area contributed by atoms with E-state index >= 15 is 0 Å². The van der Waals surface area contributed by atoms with Crippen molar-refractivity contribution < 1.29 is 19.1 Å². The topological polar surface area (TPSA) is 71.1 Å². The van der Waals surface area contributed by atoms with Crippen LogP contribution in [0.25, 0.3) is 11.1 Å². The van der Waals surface area contributed by atoms with Crippen molar-refractivity contribution in [1.82, 2.24) is 9.80 Å². The first-order valence-electron chi connectivity index (χ1n) is 15.3. The summed E-state index contributed by atoms with van der Waals surface area (Å²) in [6, 6.07) is 22.7. The van der Waals surface area contributed by atoms with Crippen molar-refractivity contribution in [1.29, 1.82) is 0 Å². The lowest BCUT2D eigenvalue weighted by Crippen LogP contribution is -2.48. The molecule has 3 aromatic rings. The average molecular weight is 610 g/mol. The molecule has 0 unspecified atom stereocenters. The summed E-state index contributed by atoms with van der Waals surface area (Å²) >= 11 is 0. The van der Waals surface area contributed by atoms with Gasteiger partial charge in [0.15, 0.2) is 0 Å². The van der Waals surface area contributed by atoms with Crippen LogP contribution < -0.4 is 5.32 Å². The molecule has 0 saturated carbocycles. The van der Waals surface area contributed by atoms with Crippen LogP contribution in [0.3, 0.4) is 0 Å². The SMILES string of the molecule is CC(C)(C)OC(=O)Nc1cc(C#C[Si](C)(C)C)cc(CN2CCN(C(=O)OCC3c4ccccc4-c4ccccc43)CC2)c1. The number of hydrogen-bond acceptors (Lipinski definition) is 5. The Morgan fingerprint density at radius 3 is 2.11 bits per heavy atom. The number of ether oxygens (including phenoxy) is 2.